The van der Waals surface area contributed by atoms with Crippen molar-refractivity contribution in [3.05, 3.63) is 0 Å². The minimum absolute atomic E-state index is 0.0405. The largest absolute Gasteiger partial charge is 0.469 e. The molecule has 2 atom stereocenters. The van der Waals surface area contributed by atoms with Gasteiger partial charge in [-0.3, -0.25) is 4.79 Å². The molecule has 0 saturated carbocycles. The van der Waals surface area contributed by atoms with Crippen LogP contribution in [0, 0.1) is 5.92 Å². The first-order valence-electron chi connectivity index (χ1n) is 4.11. The van der Waals surface area contributed by atoms with Gasteiger partial charge in [-0.05, 0) is 19.2 Å². The Bertz CT molecular complexity index is 163. The lowest BCUT2D eigenvalue weighted by Crippen LogP contribution is -2.42. The minimum Gasteiger partial charge on any atom is -0.469 e. The van der Waals surface area contributed by atoms with Crippen LogP contribution in [0.4, 0.5) is 0 Å². The fraction of sp³-hybridized carbons (Fsp3) is 0.875. The van der Waals surface area contributed by atoms with Crippen LogP contribution in [0.15, 0.2) is 0 Å². The highest BCUT2D eigenvalue weighted by molar-refractivity contribution is 7.99. The van der Waals surface area contributed by atoms with Gasteiger partial charge in [0.15, 0.2) is 0 Å². The quantitative estimate of drug-likeness (QED) is 0.642. The van der Waals surface area contributed by atoms with Crippen molar-refractivity contribution < 1.29 is 9.53 Å². The summed E-state index contributed by atoms with van der Waals surface area (Å²) in [6.07, 6.45) is 3.10. The van der Waals surface area contributed by atoms with Gasteiger partial charge in [0.25, 0.3) is 0 Å². The van der Waals surface area contributed by atoms with E-state index in [1.807, 2.05) is 6.26 Å². The van der Waals surface area contributed by atoms with Crippen molar-refractivity contribution in [1.82, 2.24) is 5.32 Å². The van der Waals surface area contributed by atoms with Gasteiger partial charge in [0, 0.05) is 11.8 Å². The summed E-state index contributed by atoms with van der Waals surface area (Å²) < 4.78 is 4.73. The first-order chi connectivity index (χ1) is 5.79. The summed E-state index contributed by atoms with van der Waals surface area (Å²) in [5.41, 5.74) is 0. The Morgan fingerprint density at radius 2 is 2.42 bits per heavy atom. The number of rotatable bonds is 2. The van der Waals surface area contributed by atoms with Crippen LogP contribution < -0.4 is 5.32 Å². The fourth-order valence-corrected chi connectivity index (χ4v) is 2.39. The molecule has 1 saturated heterocycles. The molecule has 0 aromatic heterocycles. The second-order valence-corrected chi connectivity index (χ2v) is 3.97. The maximum absolute atomic E-state index is 11.3. The molecule has 70 valence electrons. The molecule has 0 bridgehead atoms. The number of carbonyl (C=O) groups is 1. The fourth-order valence-electron chi connectivity index (χ4n) is 1.50. The molecular formula is C8H15NO2S. The highest BCUT2D eigenvalue weighted by atomic mass is 32.2. The maximum atomic E-state index is 11.3. The van der Waals surface area contributed by atoms with E-state index >= 15 is 0 Å². The van der Waals surface area contributed by atoms with Crippen molar-refractivity contribution in [2.45, 2.75) is 11.7 Å². The zero-order valence-electron chi connectivity index (χ0n) is 7.50. The smallest absolute Gasteiger partial charge is 0.311 e. The highest BCUT2D eigenvalue weighted by Crippen LogP contribution is 2.23. The lowest BCUT2D eigenvalue weighted by molar-refractivity contribution is -0.145. The van der Waals surface area contributed by atoms with Gasteiger partial charge < -0.3 is 10.1 Å². The molecular weight excluding hydrogens is 174 g/mol. The summed E-state index contributed by atoms with van der Waals surface area (Å²) in [4.78, 5) is 11.3. The third-order valence-corrected chi connectivity index (χ3v) is 3.40. The molecule has 1 fully saturated rings. The predicted octanol–water partition coefficient (Wildman–Crippen LogP) is 0.500. The number of hydrogen-bond donors (Lipinski definition) is 1. The number of carbonyl (C=O) groups excluding carboxylic acids is 1. The lowest BCUT2D eigenvalue weighted by atomic mass is 9.99. The molecule has 0 spiro atoms. The monoisotopic (exact) mass is 189 g/mol. The summed E-state index contributed by atoms with van der Waals surface area (Å²) in [5.74, 6) is -0.0414. The Morgan fingerprint density at radius 1 is 1.67 bits per heavy atom. The first-order valence-corrected chi connectivity index (χ1v) is 5.39. The van der Waals surface area contributed by atoms with Crippen LogP contribution in [0.5, 0.6) is 0 Å². The van der Waals surface area contributed by atoms with E-state index in [4.69, 9.17) is 4.74 Å². The van der Waals surface area contributed by atoms with Gasteiger partial charge in [-0.25, -0.2) is 0 Å². The van der Waals surface area contributed by atoms with Gasteiger partial charge in [0.2, 0.25) is 0 Å². The Morgan fingerprint density at radius 3 is 3.00 bits per heavy atom. The highest BCUT2D eigenvalue weighted by Gasteiger charge is 2.30. The number of thioether (sulfide) groups is 1. The van der Waals surface area contributed by atoms with Crippen molar-refractivity contribution in [1.29, 1.82) is 0 Å². The molecule has 0 radical (unpaired) electrons. The molecule has 4 heteroatoms. The summed E-state index contributed by atoms with van der Waals surface area (Å²) in [7, 11) is 1.45. The number of esters is 1. The zero-order valence-corrected chi connectivity index (χ0v) is 8.32. The van der Waals surface area contributed by atoms with E-state index < -0.39 is 0 Å². The molecule has 0 aromatic rings. The third kappa shape index (κ3) is 2.14. The minimum atomic E-state index is -0.0819. The maximum Gasteiger partial charge on any atom is 0.311 e. The van der Waals surface area contributed by atoms with Crippen molar-refractivity contribution in [2.75, 3.05) is 26.5 Å². The summed E-state index contributed by atoms with van der Waals surface area (Å²) in [6.45, 7) is 1.77. The average Bonchev–Trinajstić information content (AvgIpc) is 2.16. The summed E-state index contributed by atoms with van der Waals surface area (Å²) in [6, 6.07) is 0. The number of ether oxygens (including phenoxy) is 1. The van der Waals surface area contributed by atoms with E-state index in [0.717, 1.165) is 19.5 Å². The van der Waals surface area contributed by atoms with Crippen molar-refractivity contribution in [3.8, 4) is 0 Å². The molecule has 1 N–H and O–H groups in total. The van der Waals surface area contributed by atoms with E-state index in [0.29, 0.717) is 5.25 Å². The molecule has 0 aliphatic carbocycles. The summed E-state index contributed by atoms with van der Waals surface area (Å²) in [5, 5.41) is 3.63. The molecule has 12 heavy (non-hydrogen) atoms. The molecule has 1 rings (SSSR count). The Kier molecular flexibility index (Phi) is 3.88. The second-order valence-electron chi connectivity index (χ2n) is 2.90. The molecule has 0 aromatic carbocycles. The topological polar surface area (TPSA) is 38.3 Å². The van der Waals surface area contributed by atoms with Gasteiger partial charge in [-0.1, -0.05) is 0 Å². The van der Waals surface area contributed by atoms with E-state index in [1.165, 1.54) is 7.11 Å². The molecule has 3 nitrogen and oxygen atoms in total. The zero-order chi connectivity index (χ0) is 8.97. The van der Waals surface area contributed by atoms with Gasteiger partial charge in [0.05, 0.1) is 13.0 Å². The van der Waals surface area contributed by atoms with Gasteiger partial charge in [-0.15, -0.1) is 0 Å². The molecule has 1 aliphatic rings. The van der Waals surface area contributed by atoms with E-state index in [9.17, 15) is 4.79 Å². The SMILES string of the molecule is COC(=O)C1CNCCC1SC. The average molecular weight is 189 g/mol. The van der Waals surface area contributed by atoms with Crippen LogP contribution in [0.3, 0.4) is 0 Å². The van der Waals surface area contributed by atoms with Crippen LogP contribution in [0.1, 0.15) is 6.42 Å². The normalized spacial score (nSPS) is 29.8. The Balaban J connectivity index is 2.52. The number of nitrogens with one attached hydrogen (secondary N) is 1. The summed E-state index contributed by atoms with van der Waals surface area (Å²) >= 11 is 1.76. The first kappa shape index (κ1) is 9.86. The Labute approximate surface area is 77.2 Å². The van der Waals surface area contributed by atoms with Gasteiger partial charge in [-0.2, -0.15) is 11.8 Å². The Hall–Kier alpha value is -0.220. The van der Waals surface area contributed by atoms with Crippen LogP contribution in [-0.4, -0.2) is 37.7 Å². The lowest BCUT2D eigenvalue weighted by Gasteiger charge is -2.28. The van der Waals surface area contributed by atoms with E-state index in [-0.39, 0.29) is 11.9 Å². The van der Waals surface area contributed by atoms with Crippen molar-refractivity contribution in [3.63, 3.8) is 0 Å². The molecule has 1 aliphatic heterocycles. The number of hydrogen-bond acceptors (Lipinski definition) is 4. The standard InChI is InChI=1S/C8H15NO2S/c1-11-8(10)6-5-9-4-3-7(6)12-2/h6-7,9H,3-5H2,1-2H3. The van der Waals surface area contributed by atoms with Crippen LogP contribution >= 0.6 is 11.8 Å². The van der Waals surface area contributed by atoms with E-state index in [1.54, 1.807) is 11.8 Å². The van der Waals surface area contributed by atoms with Crippen LogP contribution in [0.2, 0.25) is 0 Å². The van der Waals surface area contributed by atoms with Crippen molar-refractivity contribution >= 4 is 17.7 Å². The van der Waals surface area contributed by atoms with Gasteiger partial charge in [0.1, 0.15) is 0 Å². The van der Waals surface area contributed by atoms with Crippen molar-refractivity contribution in [2.24, 2.45) is 5.92 Å². The third-order valence-electron chi connectivity index (χ3n) is 2.23. The van der Waals surface area contributed by atoms with Crippen LogP contribution in [0.25, 0.3) is 0 Å². The predicted molar refractivity (Wildman–Crippen MR) is 50.3 cm³/mol. The van der Waals surface area contributed by atoms with Gasteiger partial charge >= 0.3 is 5.97 Å². The molecule has 0 amide bonds. The van der Waals surface area contributed by atoms with Crippen LogP contribution in [-0.2, 0) is 9.53 Å². The second kappa shape index (κ2) is 4.72. The molecule has 1 heterocycles. The molecule has 2 unspecified atom stereocenters. The number of methoxy groups -OCH3 is 1. The number of piperidine rings is 1. The van der Waals surface area contributed by atoms with E-state index in [2.05, 4.69) is 5.32 Å².